The molecule has 3 aromatic rings. The molecule has 0 saturated carbocycles. The number of benzene rings is 3. The van der Waals surface area contributed by atoms with Gasteiger partial charge in [-0.25, -0.2) is 5.48 Å². The lowest BCUT2D eigenvalue weighted by Gasteiger charge is -2.22. The van der Waals surface area contributed by atoms with Crippen LogP contribution in [0.2, 0.25) is 0 Å². The lowest BCUT2D eigenvalue weighted by Crippen LogP contribution is -2.40. The number of rotatable bonds is 7. The van der Waals surface area contributed by atoms with Gasteiger partial charge in [-0.1, -0.05) is 60.7 Å². The van der Waals surface area contributed by atoms with E-state index in [-0.39, 0.29) is 12.8 Å². The Kier molecular flexibility index (Phi) is 7.42. The molecule has 3 unspecified atom stereocenters. The minimum absolute atomic E-state index is 0.145. The molecule has 0 fully saturated rings. The van der Waals surface area contributed by atoms with E-state index in [1.807, 2.05) is 24.3 Å². The smallest absolute Gasteiger partial charge is 0.390 e. The van der Waals surface area contributed by atoms with Crippen molar-refractivity contribution < 1.29 is 33.1 Å². The molecule has 0 radical (unpaired) electrons. The normalized spacial score (nSPS) is 17.8. The van der Waals surface area contributed by atoms with E-state index < -0.39 is 41.6 Å². The summed E-state index contributed by atoms with van der Waals surface area (Å²) in [7, 11) is 0. The molecule has 1 aliphatic rings. The van der Waals surface area contributed by atoms with Gasteiger partial charge in [-0.2, -0.15) is 13.2 Å². The average molecular weight is 499 g/mol. The Morgan fingerprint density at radius 2 is 1.69 bits per heavy atom. The molecule has 3 atom stereocenters. The number of carbonyl (C=O) groups is 2. The van der Waals surface area contributed by atoms with E-state index in [0.29, 0.717) is 23.1 Å². The number of hydrogen-bond donors (Lipinski definition) is 4. The first-order valence-electron chi connectivity index (χ1n) is 11.4. The van der Waals surface area contributed by atoms with Crippen molar-refractivity contribution in [2.24, 2.45) is 5.92 Å². The van der Waals surface area contributed by atoms with E-state index >= 15 is 0 Å². The second kappa shape index (κ2) is 10.5. The number of halogens is 3. The highest BCUT2D eigenvalue weighted by Crippen LogP contribution is 2.33. The molecule has 3 aromatic carbocycles. The van der Waals surface area contributed by atoms with Crippen LogP contribution in [0.3, 0.4) is 0 Å². The quantitative estimate of drug-likeness (QED) is 0.290. The highest BCUT2D eigenvalue weighted by atomic mass is 19.4. The lowest BCUT2D eigenvalue weighted by atomic mass is 9.93. The van der Waals surface area contributed by atoms with Crippen LogP contribution < -0.4 is 10.8 Å². The van der Waals surface area contributed by atoms with E-state index in [1.165, 1.54) is 6.07 Å². The van der Waals surface area contributed by atoms with Crippen molar-refractivity contribution in [2.75, 3.05) is 0 Å². The average Bonchev–Trinajstić information content (AvgIpc) is 3.18. The second-order valence-electron chi connectivity index (χ2n) is 8.87. The zero-order valence-corrected chi connectivity index (χ0v) is 19.1. The number of nitrogens with one attached hydrogen (secondary N) is 2. The van der Waals surface area contributed by atoms with Crippen LogP contribution in [-0.4, -0.2) is 28.2 Å². The van der Waals surface area contributed by atoms with E-state index in [0.717, 1.165) is 23.3 Å². The molecular formula is C27H25F3N2O4. The number of hydroxylamine groups is 1. The van der Waals surface area contributed by atoms with Gasteiger partial charge in [0.05, 0.1) is 23.6 Å². The first-order chi connectivity index (χ1) is 17.2. The van der Waals surface area contributed by atoms with Crippen LogP contribution in [0, 0.1) is 5.92 Å². The van der Waals surface area contributed by atoms with Crippen molar-refractivity contribution in [3.8, 4) is 11.1 Å². The van der Waals surface area contributed by atoms with Crippen LogP contribution in [0.25, 0.3) is 11.1 Å². The summed E-state index contributed by atoms with van der Waals surface area (Å²) in [5.41, 5.74) is 4.21. The Morgan fingerprint density at radius 3 is 2.39 bits per heavy atom. The predicted octanol–water partition coefficient (Wildman–Crippen LogP) is 4.20. The molecule has 0 spiro atoms. The highest BCUT2D eigenvalue weighted by Gasteiger charge is 2.34. The Morgan fingerprint density at radius 1 is 0.972 bits per heavy atom. The van der Waals surface area contributed by atoms with Crippen LogP contribution in [0.4, 0.5) is 13.2 Å². The molecule has 188 valence electrons. The number of hydrogen-bond acceptors (Lipinski definition) is 4. The summed E-state index contributed by atoms with van der Waals surface area (Å²) in [5.74, 6) is -2.04. The largest absolute Gasteiger partial charge is 0.416 e. The molecule has 0 saturated heterocycles. The summed E-state index contributed by atoms with van der Waals surface area (Å²) >= 11 is 0. The molecule has 0 aliphatic heterocycles. The zero-order valence-electron chi connectivity index (χ0n) is 19.1. The van der Waals surface area contributed by atoms with Gasteiger partial charge in [0.1, 0.15) is 0 Å². The Labute approximate surface area is 205 Å². The third-order valence-corrected chi connectivity index (χ3v) is 6.39. The molecule has 0 bridgehead atoms. The zero-order chi connectivity index (χ0) is 25.9. The van der Waals surface area contributed by atoms with Gasteiger partial charge in [0, 0.05) is 12.8 Å². The first-order valence-corrected chi connectivity index (χ1v) is 11.4. The van der Waals surface area contributed by atoms with Crippen molar-refractivity contribution >= 4 is 11.8 Å². The fourth-order valence-corrected chi connectivity index (χ4v) is 4.54. The fourth-order valence-electron chi connectivity index (χ4n) is 4.54. The lowest BCUT2D eigenvalue weighted by molar-refractivity contribution is -0.137. The van der Waals surface area contributed by atoms with Gasteiger partial charge in [-0.3, -0.25) is 14.8 Å². The van der Waals surface area contributed by atoms with Gasteiger partial charge in [-0.05, 0) is 46.4 Å². The molecule has 1 aliphatic carbocycles. The monoisotopic (exact) mass is 498 g/mol. The van der Waals surface area contributed by atoms with E-state index in [9.17, 15) is 27.9 Å². The van der Waals surface area contributed by atoms with Crippen LogP contribution in [-0.2, 0) is 28.6 Å². The maximum atomic E-state index is 13.1. The maximum Gasteiger partial charge on any atom is 0.416 e. The van der Waals surface area contributed by atoms with Gasteiger partial charge >= 0.3 is 6.18 Å². The minimum Gasteiger partial charge on any atom is -0.390 e. The summed E-state index contributed by atoms with van der Waals surface area (Å²) in [6, 6.07) is 18.5. The topological polar surface area (TPSA) is 98.7 Å². The molecule has 2 amide bonds. The Balaban J connectivity index is 1.51. The van der Waals surface area contributed by atoms with E-state index in [2.05, 4.69) is 5.32 Å². The number of amides is 2. The number of carbonyl (C=O) groups excluding carboxylic acids is 2. The SMILES string of the molecule is O=C(CC(Cc1ccc(-c2cccc(C(F)(F)F)c2)cc1)C(=O)NC1c2ccccc2CC1O)NO. The molecule has 9 heteroatoms. The number of aliphatic hydroxyl groups is 1. The van der Waals surface area contributed by atoms with Gasteiger partial charge < -0.3 is 10.4 Å². The van der Waals surface area contributed by atoms with Crippen LogP contribution in [0.15, 0.2) is 72.8 Å². The highest BCUT2D eigenvalue weighted by molar-refractivity contribution is 5.86. The second-order valence-corrected chi connectivity index (χ2v) is 8.87. The van der Waals surface area contributed by atoms with Crippen molar-refractivity contribution in [3.05, 3.63) is 95.1 Å². The Hall–Kier alpha value is -3.69. The summed E-state index contributed by atoms with van der Waals surface area (Å²) in [4.78, 5) is 25.0. The predicted molar refractivity (Wildman–Crippen MR) is 126 cm³/mol. The van der Waals surface area contributed by atoms with Crippen molar-refractivity contribution in [1.29, 1.82) is 0 Å². The Bertz CT molecular complexity index is 1240. The molecule has 4 rings (SSSR count). The van der Waals surface area contributed by atoms with E-state index in [4.69, 9.17) is 5.21 Å². The molecular weight excluding hydrogens is 473 g/mol. The van der Waals surface area contributed by atoms with Crippen LogP contribution in [0.1, 0.15) is 34.7 Å². The van der Waals surface area contributed by atoms with Crippen molar-refractivity contribution in [2.45, 2.75) is 37.6 Å². The number of fused-ring (bicyclic) bond motifs is 1. The summed E-state index contributed by atoms with van der Waals surface area (Å²) < 4.78 is 39.1. The fraction of sp³-hybridized carbons (Fsp3) is 0.259. The van der Waals surface area contributed by atoms with Gasteiger partial charge in [0.25, 0.3) is 0 Å². The van der Waals surface area contributed by atoms with Crippen LogP contribution >= 0.6 is 0 Å². The van der Waals surface area contributed by atoms with Gasteiger partial charge in [-0.15, -0.1) is 0 Å². The first kappa shape index (κ1) is 25.4. The standard InChI is InChI=1S/C27H25F3N2O4/c28-27(29,30)21-6-3-5-18(13-21)17-10-8-16(9-11-17)12-20(15-24(34)32-36)26(35)31-25-22-7-2-1-4-19(22)14-23(25)33/h1-11,13,20,23,25,33,36H,12,14-15H2,(H,31,35)(H,32,34). The summed E-state index contributed by atoms with van der Waals surface area (Å²) in [6.07, 6.45) is -4.99. The van der Waals surface area contributed by atoms with Crippen LogP contribution in [0.5, 0.6) is 0 Å². The van der Waals surface area contributed by atoms with Crippen molar-refractivity contribution in [1.82, 2.24) is 10.8 Å². The van der Waals surface area contributed by atoms with Crippen molar-refractivity contribution in [3.63, 3.8) is 0 Å². The summed E-state index contributed by atoms with van der Waals surface area (Å²) in [6.45, 7) is 0. The molecule has 0 aromatic heterocycles. The maximum absolute atomic E-state index is 13.1. The molecule has 6 nitrogen and oxygen atoms in total. The molecule has 0 heterocycles. The van der Waals surface area contributed by atoms with Gasteiger partial charge in [0.2, 0.25) is 11.8 Å². The van der Waals surface area contributed by atoms with Gasteiger partial charge in [0.15, 0.2) is 0 Å². The number of aliphatic hydroxyl groups excluding tert-OH is 1. The summed E-state index contributed by atoms with van der Waals surface area (Å²) in [5, 5.41) is 22.3. The number of alkyl halides is 3. The third kappa shape index (κ3) is 5.75. The minimum atomic E-state index is -4.45. The molecule has 4 N–H and O–H groups in total. The third-order valence-electron chi connectivity index (χ3n) is 6.39. The molecule has 36 heavy (non-hydrogen) atoms. The van der Waals surface area contributed by atoms with E-state index in [1.54, 1.807) is 35.8 Å².